The minimum Gasteiger partial charge on any atom is -0.481 e. The van der Waals surface area contributed by atoms with Crippen LogP contribution in [0.4, 0.5) is 5.69 Å². The van der Waals surface area contributed by atoms with Gasteiger partial charge in [-0.2, -0.15) is 0 Å². The van der Waals surface area contributed by atoms with Crippen LogP contribution in [0.15, 0.2) is 55.1 Å². The average Bonchev–Trinajstić information content (AvgIpc) is 3.45. The lowest BCUT2D eigenvalue weighted by Gasteiger charge is -2.40. The van der Waals surface area contributed by atoms with E-state index in [1.165, 1.54) is 4.90 Å². The number of aliphatic hydroxyl groups is 1. The van der Waals surface area contributed by atoms with Gasteiger partial charge in [-0.05, 0) is 55.0 Å². The molecule has 2 amide bonds. The lowest BCUT2D eigenvalue weighted by molar-refractivity contribution is -0.156. The number of likely N-dealkylation sites (tertiary alicyclic amines) is 1. The van der Waals surface area contributed by atoms with E-state index in [1.807, 2.05) is 56.3 Å². The summed E-state index contributed by atoms with van der Waals surface area (Å²) >= 11 is 0. The molecule has 2 bridgehead atoms. The third kappa shape index (κ3) is 3.84. The van der Waals surface area contributed by atoms with Crippen LogP contribution in [0.3, 0.4) is 0 Å². The number of carbonyl (C=O) groups is 3. The minimum atomic E-state index is -1.27. The maximum atomic E-state index is 14.6. The van der Waals surface area contributed by atoms with Gasteiger partial charge in [-0.25, -0.2) is 0 Å². The zero-order valence-electron chi connectivity index (χ0n) is 22.2. The number of carbonyl (C=O) groups excluding carboxylic acids is 2. The Bertz CT molecular complexity index is 1290. The first kappa shape index (κ1) is 26.4. The Balaban J connectivity index is 1.64. The molecule has 2 aromatic carbocycles. The SMILES string of the molecule is C=CCN(C(=O)C1N([C@@H](CO)CC(C)C)C(=O)[C@@H]2[C@@H](C(=O)O)[C@@]3(C)CCC12O3)c1ccc2ccccc2c1. The molecule has 3 aliphatic heterocycles. The van der Waals surface area contributed by atoms with E-state index in [9.17, 15) is 24.6 Å². The molecule has 0 aliphatic carbocycles. The van der Waals surface area contributed by atoms with Crippen molar-refractivity contribution in [2.45, 2.75) is 63.3 Å². The maximum Gasteiger partial charge on any atom is 0.310 e. The molecule has 3 fully saturated rings. The Morgan fingerprint density at radius 2 is 1.92 bits per heavy atom. The first-order chi connectivity index (χ1) is 18.1. The number of aliphatic hydroxyl groups excluding tert-OH is 1. The largest absolute Gasteiger partial charge is 0.481 e. The topological polar surface area (TPSA) is 107 Å². The molecule has 3 saturated heterocycles. The van der Waals surface area contributed by atoms with Crippen LogP contribution in [0.5, 0.6) is 0 Å². The van der Waals surface area contributed by atoms with Crippen molar-refractivity contribution in [2.75, 3.05) is 18.1 Å². The highest BCUT2D eigenvalue weighted by Gasteiger charge is 2.78. The Kier molecular flexibility index (Phi) is 6.60. The molecular formula is C30H36N2O6. The molecule has 38 heavy (non-hydrogen) atoms. The van der Waals surface area contributed by atoms with Gasteiger partial charge in [0.1, 0.15) is 11.6 Å². The molecule has 2 N–H and O–H groups in total. The summed E-state index contributed by atoms with van der Waals surface area (Å²) in [6.45, 7) is 9.44. The van der Waals surface area contributed by atoms with Gasteiger partial charge in [0.25, 0.3) is 5.91 Å². The first-order valence-corrected chi connectivity index (χ1v) is 13.3. The Hall–Kier alpha value is -3.23. The molecule has 3 heterocycles. The number of hydrogen-bond donors (Lipinski definition) is 2. The van der Waals surface area contributed by atoms with Crippen LogP contribution < -0.4 is 4.90 Å². The standard InChI is InChI=1S/C30H36N2O6/c1-5-14-31(21-11-10-19-8-6-7-9-20(19)16-21)27(35)25-30-13-12-29(4,38-30)24(28(36)37)23(30)26(34)32(25)22(17-33)15-18(2)3/h5-11,16,18,22-25,33H,1,12-15,17H2,2-4H3,(H,36,37)/t22-,23+,24+,25?,29-,30?/m1/s1. The molecule has 0 radical (unpaired) electrons. The number of amides is 2. The summed E-state index contributed by atoms with van der Waals surface area (Å²) < 4.78 is 6.52. The summed E-state index contributed by atoms with van der Waals surface area (Å²) in [5.74, 6) is -3.78. The molecule has 8 heteroatoms. The van der Waals surface area contributed by atoms with Gasteiger partial charge in [0.05, 0.1) is 30.1 Å². The second-order valence-electron chi connectivity index (χ2n) is 11.5. The van der Waals surface area contributed by atoms with Crippen molar-refractivity contribution in [3.05, 3.63) is 55.1 Å². The number of fused-ring (bicyclic) bond motifs is 2. The zero-order chi connectivity index (χ0) is 27.4. The molecule has 1 spiro atoms. The van der Waals surface area contributed by atoms with Gasteiger partial charge in [0.2, 0.25) is 5.91 Å². The molecule has 6 atom stereocenters. The quantitative estimate of drug-likeness (QED) is 0.489. The van der Waals surface area contributed by atoms with Crippen LogP contribution in [0, 0.1) is 17.8 Å². The summed E-state index contributed by atoms with van der Waals surface area (Å²) in [4.78, 5) is 44.2. The fourth-order valence-electron chi connectivity index (χ4n) is 7.18. The van der Waals surface area contributed by atoms with Gasteiger partial charge in [-0.1, -0.05) is 50.3 Å². The number of nitrogens with zero attached hydrogens (tertiary/aromatic N) is 2. The number of ether oxygens (including phenoxy) is 1. The van der Waals surface area contributed by atoms with E-state index < -0.39 is 47.0 Å². The molecule has 202 valence electrons. The number of hydrogen-bond acceptors (Lipinski definition) is 5. The highest BCUT2D eigenvalue weighted by atomic mass is 16.5. The Labute approximate surface area is 222 Å². The third-order valence-corrected chi connectivity index (χ3v) is 8.68. The van der Waals surface area contributed by atoms with Crippen LogP contribution in [-0.4, -0.2) is 69.3 Å². The highest BCUT2D eigenvalue weighted by Crippen LogP contribution is 2.63. The van der Waals surface area contributed by atoms with Crippen molar-refractivity contribution in [3.63, 3.8) is 0 Å². The van der Waals surface area contributed by atoms with Crippen molar-refractivity contribution in [1.29, 1.82) is 0 Å². The number of aliphatic carboxylic acids is 1. The highest BCUT2D eigenvalue weighted by molar-refractivity contribution is 6.05. The van der Waals surface area contributed by atoms with Gasteiger partial charge in [-0.3, -0.25) is 14.4 Å². The summed E-state index contributed by atoms with van der Waals surface area (Å²) in [7, 11) is 0. The Morgan fingerprint density at radius 1 is 1.21 bits per heavy atom. The second kappa shape index (κ2) is 9.50. The van der Waals surface area contributed by atoms with Crippen LogP contribution >= 0.6 is 0 Å². The van der Waals surface area contributed by atoms with Crippen molar-refractivity contribution in [3.8, 4) is 0 Å². The number of carboxylic acids is 1. The number of carboxylic acid groups (broad SMARTS) is 1. The van der Waals surface area contributed by atoms with Crippen LogP contribution in [-0.2, 0) is 19.1 Å². The lowest BCUT2D eigenvalue weighted by Crippen LogP contribution is -2.59. The molecule has 8 nitrogen and oxygen atoms in total. The van der Waals surface area contributed by atoms with E-state index in [1.54, 1.807) is 17.9 Å². The third-order valence-electron chi connectivity index (χ3n) is 8.68. The number of anilines is 1. The molecular weight excluding hydrogens is 484 g/mol. The summed E-state index contributed by atoms with van der Waals surface area (Å²) in [5, 5.41) is 22.6. The van der Waals surface area contributed by atoms with Crippen molar-refractivity contribution >= 4 is 34.2 Å². The van der Waals surface area contributed by atoms with E-state index in [4.69, 9.17) is 4.74 Å². The molecule has 5 rings (SSSR count). The summed E-state index contributed by atoms with van der Waals surface area (Å²) in [6.07, 6.45) is 2.95. The van der Waals surface area contributed by atoms with Gasteiger partial charge in [0, 0.05) is 12.2 Å². The van der Waals surface area contributed by atoms with Crippen molar-refractivity contribution in [1.82, 2.24) is 4.90 Å². The van der Waals surface area contributed by atoms with Gasteiger partial charge in [-0.15, -0.1) is 6.58 Å². The lowest BCUT2D eigenvalue weighted by atomic mass is 9.66. The van der Waals surface area contributed by atoms with Crippen molar-refractivity contribution < 1.29 is 29.3 Å². The summed E-state index contributed by atoms with van der Waals surface area (Å²) in [6, 6.07) is 11.9. The Morgan fingerprint density at radius 3 is 2.55 bits per heavy atom. The zero-order valence-corrected chi connectivity index (χ0v) is 22.2. The van der Waals surface area contributed by atoms with E-state index >= 15 is 0 Å². The van der Waals surface area contributed by atoms with E-state index in [0.717, 1.165) is 10.8 Å². The van der Waals surface area contributed by atoms with Gasteiger partial charge >= 0.3 is 5.97 Å². The normalized spacial score (nSPS) is 30.6. The predicted molar refractivity (Wildman–Crippen MR) is 144 cm³/mol. The average molecular weight is 521 g/mol. The molecule has 2 unspecified atom stereocenters. The monoisotopic (exact) mass is 520 g/mol. The summed E-state index contributed by atoms with van der Waals surface area (Å²) in [5.41, 5.74) is -1.65. The van der Waals surface area contributed by atoms with Gasteiger partial charge in [0.15, 0.2) is 0 Å². The van der Waals surface area contributed by atoms with E-state index in [-0.39, 0.29) is 25.0 Å². The van der Waals surface area contributed by atoms with Crippen molar-refractivity contribution in [2.24, 2.45) is 17.8 Å². The van der Waals surface area contributed by atoms with E-state index in [2.05, 4.69) is 6.58 Å². The fourth-order valence-corrected chi connectivity index (χ4v) is 7.18. The van der Waals surface area contributed by atoms with Crippen LogP contribution in [0.25, 0.3) is 10.8 Å². The molecule has 0 aromatic heterocycles. The van der Waals surface area contributed by atoms with E-state index in [0.29, 0.717) is 24.9 Å². The predicted octanol–water partition coefficient (Wildman–Crippen LogP) is 3.62. The molecule has 3 aliphatic rings. The number of rotatable bonds is 9. The molecule has 2 aromatic rings. The second-order valence-corrected chi connectivity index (χ2v) is 11.5. The minimum absolute atomic E-state index is 0.142. The first-order valence-electron chi connectivity index (χ1n) is 13.3. The van der Waals surface area contributed by atoms with Crippen LogP contribution in [0.2, 0.25) is 0 Å². The smallest absolute Gasteiger partial charge is 0.310 e. The van der Waals surface area contributed by atoms with Gasteiger partial charge < -0.3 is 24.7 Å². The number of benzene rings is 2. The maximum absolute atomic E-state index is 14.6. The van der Waals surface area contributed by atoms with Crippen LogP contribution in [0.1, 0.15) is 40.0 Å². The molecule has 0 saturated carbocycles. The fraction of sp³-hybridized carbons (Fsp3) is 0.500.